The number of rotatable bonds is 7. The summed E-state index contributed by atoms with van der Waals surface area (Å²) in [5, 5.41) is 11.1. The van der Waals surface area contributed by atoms with Crippen molar-refractivity contribution in [3.8, 4) is 5.75 Å². The van der Waals surface area contributed by atoms with Gasteiger partial charge in [0, 0.05) is 46.4 Å². The molecule has 4 aromatic rings. The second-order valence-electron chi connectivity index (χ2n) is 8.20. The van der Waals surface area contributed by atoms with Crippen LogP contribution in [0.25, 0.3) is 10.9 Å². The summed E-state index contributed by atoms with van der Waals surface area (Å²) in [7, 11) is 0. The number of halogens is 1. The SMILES string of the molecule is O=C(COc1ccc2c(NC(=O)c3cccc(Cl)c3)n[nH]c2c1)c1ccc(N2CCCC2)cc1. The Morgan fingerprint density at radius 1 is 1.00 bits per heavy atom. The molecule has 0 aliphatic carbocycles. The zero-order valence-electron chi connectivity index (χ0n) is 18.4. The van der Waals surface area contributed by atoms with Crippen molar-refractivity contribution in [1.82, 2.24) is 10.2 Å². The van der Waals surface area contributed by atoms with Crippen LogP contribution >= 0.6 is 11.6 Å². The lowest BCUT2D eigenvalue weighted by Gasteiger charge is -2.17. The van der Waals surface area contributed by atoms with Gasteiger partial charge in [-0.3, -0.25) is 14.7 Å². The number of carbonyl (C=O) groups is 2. The van der Waals surface area contributed by atoms with E-state index in [1.807, 2.05) is 24.3 Å². The van der Waals surface area contributed by atoms with Crippen LogP contribution in [0.4, 0.5) is 11.5 Å². The smallest absolute Gasteiger partial charge is 0.256 e. The molecule has 1 fully saturated rings. The maximum atomic E-state index is 12.6. The van der Waals surface area contributed by atoms with Gasteiger partial charge in [0.25, 0.3) is 5.91 Å². The van der Waals surface area contributed by atoms with Crippen molar-refractivity contribution in [2.45, 2.75) is 12.8 Å². The number of hydrogen-bond acceptors (Lipinski definition) is 5. The first kappa shape index (κ1) is 22.0. The van der Waals surface area contributed by atoms with E-state index in [1.165, 1.54) is 12.8 Å². The molecule has 1 aliphatic heterocycles. The van der Waals surface area contributed by atoms with Gasteiger partial charge in [0.2, 0.25) is 0 Å². The first-order valence-electron chi connectivity index (χ1n) is 11.1. The number of carbonyl (C=O) groups excluding carboxylic acids is 2. The Balaban J connectivity index is 1.22. The Hall–Kier alpha value is -3.84. The third-order valence-electron chi connectivity index (χ3n) is 5.88. The number of fused-ring (bicyclic) bond motifs is 1. The predicted molar refractivity (Wildman–Crippen MR) is 133 cm³/mol. The van der Waals surface area contributed by atoms with E-state index in [9.17, 15) is 9.59 Å². The summed E-state index contributed by atoms with van der Waals surface area (Å²) in [5.74, 6) is 0.538. The minimum Gasteiger partial charge on any atom is -0.485 e. The standard InChI is InChI=1S/C26H23ClN4O3/c27-19-5-3-4-18(14-19)26(33)28-25-22-11-10-21(15-23(22)29-30-25)34-16-24(32)17-6-8-20(9-7-17)31-12-1-2-13-31/h3-11,14-15H,1-2,12-13,16H2,(H2,28,29,30,33). The summed E-state index contributed by atoms with van der Waals surface area (Å²) < 4.78 is 5.72. The highest BCUT2D eigenvalue weighted by Gasteiger charge is 2.15. The number of benzene rings is 3. The second kappa shape index (κ2) is 9.57. The molecular weight excluding hydrogens is 452 g/mol. The van der Waals surface area contributed by atoms with Crippen molar-refractivity contribution >= 4 is 45.7 Å². The Bertz CT molecular complexity index is 1340. The molecule has 1 saturated heterocycles. The first-order chi connectivity index (χ1) is 16.6. The molecule has 1 aromatic heterocycles. The summed E-state index contributed by atoms with van der Waals surface area (Å²) in [6, 6.07) is 19.7. The number of aromatic nitrogens is 2. The topological polar surface area (TPSA) is 87.3 Å². The Kier molecular flexibility index (Phi) is 6.18. The highest BCUT2D eigenvalue weighted by molar-refractivity contribution is 6.31. The molecule has 172 valence electrons. The van der Waals surface area contributed by atoms with Crippen molar-refractivity contribution in [3.63, 3.8) is 0 Å². The molecule has 5 rings (SSSR count). The fourth-order valence-corrected chi connectivity index (χ4v) is 4.25. The van der Waals surface area contributed by atoms with E-state index in [4.69, 9.17) is 16.3 Å². The molecule has 0 spiro atoms. The Morgan fingerprint density at radius 3 is 2.56 bits per heavy atom. The van der Waals surface area contributed by atoms with Crippen molar-refractivity contribution in [1.29, 1.82) is 0 Å². The van der Waals surface area contributed by atoms with E-state index in [-0.39, 0.29) is 18.3 Å². The molecule has 1 aliphatic rings. The summed E-state index contributed by atoms with van der Waals surface area (Å²) >= 11 is 5.97. The van der Waals surface area contributed by atoms with Crippen LogP contribution in [0, 0.1) is 0 Å². The Labute approximate surface area is 201 Å². The van der Waals surface area contributed by atoms with E-state index >= 15 is 0 Å². The summed E-state index contributed by atoms with van der Waals surface area (Å²) in [4.78, 5) is 27.4. The lowest BCUT2D eigenvalue weighted by Crippen LogP contribution is -2.17. The minimum absolute atomic E-state index is 0.0684. The van der Waals surface area contributed by atoms with Gasteiger partial charge >= 0.3 is 0 Å². The maximum Gasteiger partial charge on any atom is 0.256 e. The minimum atomic E-state index is -0.308. The van der Waals surface area contributed by atoms with E-state index in [2.05, 4.69) is 20.4 Å². The predicted octanol–water partition coefficient (Wildman–Crippen LogP) is 5.33. The summed E-state index contributed by atoms with van der Waals surface area (Å²) in [6.45, 7) is 2.07. The number of H-pyrrole nitrogens is 1. The number of Topliss-reactive ketones (excluding diaryl/α,β-unsaturated/α-hetero) is 1. The van der Waals surface area contributed by atoms with Crippen LogP contribution in [0.15, 0.2) is 66.7 Å². The van der Waals surface area contributed by atoms with Crippen LogP contribution in [0.5, 0.6) is 5.75 Å². The number of hydrogen-bond donors (Lipinski definition) is 2. The normalized spacial score (nSPS) is 13.3. The largest absolute Gasteiger partial charge is 0.485 e. The Morgan fingerprint density at radius 2 is 1.79 bits per heavy atom. The third kappa shape index (κ3) is 4.75. The molecule has 3 aromatic carbocycles. The zero-order chi connectivity index (χ0) is 23.5. The van der Waals surface area contributed by atoms with Gasteiger partial charge in [-0.2, -0.15) is 5.10 Å². The van der Waals surface area contributed by atoms with Crippen LogP contribution in [0.3, 0.4) is 0 Å². The van der Waals surface area contributed by atoms with Crippen LogP contribution in [-0.2, 0) is 0 Å². The van der Waals surface area contributed by atoms with Crippen molar-refractivity contribution in [2.24, 2.45) is 0 Å². The number of anilines is 2. The quantitative estimate of drug-likeness (QED) is 0.353. The van der Waals surface area contributed by atoms with Gasteiger partial charge in [-0.05, 0) is 67.4 Å². The van der Waals surface area contributed by atoms with Crippen LogP contribution in [-0.4, -0.2) is 41.6 Å². The van der Waals surface area contributed by atoms with E-state index in [0.717, 1.165) is 24.2 Å². The van der Waals surface area contributed by atoms with Gasteiger partial charge in [-0.15, -0.1) is 0 Å². The van der Waals surface area contributed by atoms with Gasteiger partial charge in [0.1, 0.15) is 5.75 Å². The highest BCUT2D eigenvalue weighted by Crippen LogP contribution is 2.26. The van der Waals surface area contributed by atoms with Gasteiger partial charge in [0.05, 0.1) is 5.52 Å². The number of aromatic amines is 1. The third-order valence-corrected chi connectivity index (χ3v) is 6.12. The number of ketones is 1. The van der Waals surface area contributed by atoms with Crippen LogP contribution < -0.4 is 15.0 Å². The monoisotopic (exact) mass is 474 g/mol. The highest BCUT2D eigenvalue weighted by atomic mass is 35.5. The molecule has 8 heteroatoms. The average molecular weight is 475 g/mol. The molecule has 0 radical (unpaired) electrons. The lowest BCUT2D eigenvalue weighted by molar-refractivity contribution is 0.0921. The molecule has 34 heavy (non-hydrogen) atoms. The van der Waals surface area contributed by atoms with Crippen LogP contribution in [0.2, 0.25) is 5.02 Å². The van der Waals surface area contributed by atoms with E-state index < -0.39 is 0 Å². The van der Waals surface area contributed by atoms with Gasteiger partial charge in [0.15, 0.2) is 18.2 Å². The number of nitrogens with one attached hydrogen (secondary N) is 2. The number of ether oxygens (including phenoxy) is 1. The molecule has 7 nitrogen and oxygen atoms in total. The molecule has 1 amide bonds. The summed E-state index contributed by atoms with van der Waals surface area (Å²) in [6.07, 6.45) is 2.43. The van der Waals surface area contributed by atoms with E-state index in [0.29, 0.717) is 33.2 Å². The molecule has 2 N–H and O–H groups in total. The molecule has 2 heterocycles. The lowest BCUT2D eigenvalue weighted by atomic mass is 10.1. The zero-order valence-corrected chi connectivity index (χ0v) is 19.1. The molecule has 0 atom stereocenters. The fourth-order valence-electron chi connectivity index (χ4n) is 4.06. The average Bonchev–Trinajstić information content (AvgIpc) is 3.53. The number of nitrogens with zero attached hydrogens (tertiary/aromatic N) is 2. The molecule has 0 unspecified atom stereocenters. The number of amides is 1. The maximum absolute atomic E-state index is 12.6. The molecule has 0 bridgehead atoms. The van der Waals surface area contributed by atoms with Gasteiger partial charge in [-0.25, -0.2) is 0 Å². The van der Waals surface area contributed by atoms with E-state index in [1.54, 1.807) is 42.5 Å². The van der Waals surface area contributed by atoms with Crippen molar-refractivity contribution < 1.29 is 14.3 Å². The summed E-state index contributed by atoms with van der Waals surface area (Å²) in [5.41, 5.74) is 2.89. The first-order valence-corrected chi connectivity index (χ1v) is 11.5. The fraction of sp³-hybridized carbons (Fsp3) is 0.192. The molecular formula is C26H23ClN4O3. The van der Waals surface area contributed by atoms with Crippen LogP contribution in [0.1, 0.15) is 33.6 Å². The molecule has 0 saturated carbocycles. The van der Waals surface area contributed by atoms with Gasteiger partial charge in [-0.1, -0.05) is 17.7 Å². The second-order valence-corrected chi connectivity index (χ2v) is 8.63. The van der Waals surface area contributed by atoms with Gasteiger partial charge < -0.3 is 15.0 Å². The van der Waals surface area contributed by atoms with Crippen molar-refractivity contribution in [2.75, 3.05) is 29.9 Å². The van der Waals surface area contributed by atoms with Crippen molar-refractivity contribution in [3.05, 3.63) is 82.9 Å².